The zero-order valence-corrected chi connectivity index (χ0v) is 6.92. The SMILES string of the molecule is CC[C@@H]1O[C@H](CO)C1(C)C. The van der Waals surface area contributed by atoms with Gasteiger partial charge in [0.25, 0.3) is 0 Å². The van der Waals surface area contributed by atoms with Gasteiger partial charge in [-0.25, -0.2) is 0 Å². The molecule has 0 unspecified atom stereocenters. The molecular formula is C8H16O2. The van der Waals surface area contributed by atoms with Crippen molar-refractivity contribution >= 4 is 0 Å². The first kappa shape index (κ1) is 8.02. The van der Waals surface area contributed by atoms with Crippen LogP contribution in [0.2, 0.25) is 0 Å². The van der Waals surface area contributed by atoms with E-state index in [4.69, 9.17) is 9.84 Å². The van der Waals surface area contributed by atoms with Crippen molar-refractivity contribution in [3.63, 3.8) is 0 Å². The van der Waals surface area contributed by atoms with Crippen LogP contribution in [0.25, 0.3) is 0 Å². The fraction of sp³-hybridized carbons (Fsp3) is 1.00. The van der Waals surface area contributed by atoms with Gasteiger partial charge in [-0.2, -0.15) is 0 Å². The van der Waals surface area contributed by atoms with Gasteiger partial charge < -0.3 is 9.84 Å². The molecule has 0 radical (unpaired) electrons. The third-order valence-corrected chi connectivity index (χ3v) is 2.52. The van der Waals surface area contributed by atoms with Gasteiger partial charge in [0, 0.05) is 5.41 Å². The third-order valence-electron chi connectivity index (χ3n) is 2.52. The normalized spacial score (nSPS) is 37.2. The molecule has 0 aromatic rings. The zero-order chi connectivity index (χ0) is 7.78. The van der Waals surface area contributed by atoms with E-state index in [0.717, 1.165) is 6.42 Å². The van der Waals surface area contributed by atoms with Crippen LogP contribution in [0.4, 0.5) is 0 Å². The molecule has 1 rings (SSSR count). The number of rotatable bonds is 2. The average Bonchev–Trinajstić information content (AvgIpc) is 1.88. The Morgan fingerprint density at radius 3 is 2.30 bits per heavy atom. The Bertz CT molecular complexity index is 108. The first-order valence-corrected chi connectivity index (χ1v) is 3.89. The lowest BCUT2D eigenvalue weighted by Gasteiger charge is -2.51. The van der Waals surface area contributed by atoms with Crippen molar-refractivity contribution in [2.24, 2.45) is 5.41 Å². The topological polar surface area (TPSA) is 29.5 Å². The number of aliphatic hydroxyl groups is 1. The van der Waals surface area contributed by atoms with Crippen LogP contribution in [0.15, 0.2) is 0 Å². The summed E-state index contributed by atoms with van der Waals surface area (Å²) < 4.78 is 5.40. The van der Waals surface area contributed by atoms with Crippen LogP contribution in [0.3, 0.4) is 0 Å². The molecule has 1 aliphatic heterocycles. The van der Waals surface area contributed by atoms with Gasteiger partial charge in [-0.15, -0.1) is 0 Å². The average molecular weight is 144 g/mol. The van der Waals surface area contributed by atoms with Crippen LogP contribution in [-0.4, -0.2) is 23.9 Å². The number of aliphatic hydroxyl groups excluding tert-OH is 1. The van der Waals surface area contributed by atoms with Crippen LogP contribution in [0.1, 0.15) is 27.2 Å². The Hall–Kier alpha value is -0.0800. The molecule has 60 valence electrons. The van der Waals surface area contributed by atoms with Crippen molar-refractivity contribution in [3.8, 4) is 0 Å². The second kappa shape index (κ2) is 2.51. The largest absolute Gasteiger partial charge is 0.394 e. The molecule has 2 nitrogen and oxygen atoms in total. The monoisotopic (exact) mass is 144 g/mol. The molecule has 1 fully saturated rings. The van der Waals surface area contributed by atoms with Gasteiger partial charge in [-0.05, 0) is 6.42 Å². The predicted octanol–water partition coefficient (Wildman–Crippen LogP) is 1.18. The highest BCUT2D eigenvalue weighted by molar-refractivity contribution is 4.94. The highest BCUT2D eigenvalue weighted by Gasteiger charge is 2.47. The van der Waals surface area contributed by atoms with Gasteiger partial charge in [0.15, 0.2) is 0 Å². The van der Waals surface area contributed by atoms with Crippen molar-refractivity contribution in [3.05, 3.63) is 0 Å². The Labute approximate surface area is 62.2 Å². The van der Waals surface area contributed by atoms with Crippen LogP contribution in [-0.2, 0) is 4.74 Å². The Balaban J connectivity index is 2.47. The van der Waals surface area contributed by atoms with Gasteiger partial charge in [-0.1, -0.05) is 20.8 Å². The lowest BCUT2D eigenvalue weighted by Crippen LogP contribution is -2.57. The molecule has 0 spiro atoms. The smallest absolute Gasteiger partial charge is 0.0885 e. The van der Waals surface area contributed by atoms with Crippen LogP contribution in [0.5, 0.6) is 0 Å². The Kier molecular flexibility index (Phi) is 2.02. The molecule has 0 bridgehead atoms. The van der Waals surface area contributed by atoms with E-state index in [2.05, 4.69) is 20.8 Å². The second-order valence-corrected chi connectivity index (χ2v) is 3.53. The Morgan fingerprint density at radius 1 is 1.40 bits per heavy atom. The lowest BCUT2D eigenvalue weighted by atomic mass is 9.74. The molecule has 1 aliphatic rings. The van der Waals surface area contributed by atoms with E-state index < -0.39 is 0 Å². The molecule has 0 aromatic heterocycles. The van der Waals surface area contributed by atoms with E-state index in [-0.39, 0.29) is 18.1 Å². The number of ether oxygens (including phenoxy) is 1. The molecule has 0 aliphatic carbocycles. The summed E-state index contributed by atoms with van der Waals surface area (Å²) in [6.45, 7) is 6.56. The first-order valence-electron chi connectivity index (χ1n) is 3.89. The van der Waals surface area contributed by atoms with Crippen LogP contribution >= 0.6 is 0 Å². The van der Waals surface area contributed by atoms with Gasteiger partial charge >= 0.3 is 0 Å². The fourth-order valence-electron chi connectivity index (χ4n) is 1.58. The quantitative estimate of drug-likeness (QED) is 0.630. The van der Waals surface area contributed by atoms with Gasteiger partial charge in [0.2, 0.25) is 0 Å². The summed E-state index contributed by atoms with van der Waals surface area (Å²) in [5.74, 6) is 0. The summed E-state index contributed by atoms with van der Waals surface area (Å²) in [6, 6.07) is 0. The van der Waals surface area contributed by atoms with Crippen molar-refractivity contribution < 1.29 is 9.84 Å². The van der Waals surface area contributed by atoms with Gasteiger partial charge in [0.1, 0.15) is 0 Å². The van der Waals surface area contributed by atoms with Gasteiger partial charge in [0.05, 0.1) is 18.8 Å². The molecule has 1 saturated heterocycles. The maximum Gasteiger partial charge on any atom is 0.0885 e. The highest BCUT2D eigenvalue weighted by atomic mass is 16.5. The van der Waals surface area contributed by atoms with Crippen molar-refractivity contribution in [2.75, 3.05) is 6.61 Å². The van der Waals surface area contributed by atoms with Crippen molar-refractivity contribution in [1.82, 2.24) is 0 Å². The van der Waals surface area contributed by atoms with E-state index in [1.54, 1.807) is 0 Å². The fourth-order valence-corrected chi connectivity index (χ4v) is 1.58. The summed E-state index contributed by atoms with van der Waals surface area (Å²) in [6.07, 6.45) is 1.46. The predicted molar refractivity (Wildman–Crippen MR) is 39.8 cm³/mol. The van der Waals surface area contributed by atoms with Crippen molar-refractivity contribution in [1.29, 1.82) is 0 Å². The summed E-state index contributed by atoms with van der Waals surface area (Å²) >= 11 is 0. The maximum atomic E-state index is 8.81. The Morgan fingerprint density at radius 2 is 2.00 bits per heavy atom. The minimum Gasteiger partial charge on any atom is -0.394 e. The molecular weight excluding hydrogens is 128 g/mol. The summed E-state index contributed by atoms with van der Waals surface area (Å²) in [4.78, 5) is 0. The first-order chi connectivity index (χ1) is 4.62. The van der Waals surface area contributed by atoms with Crippen molar-refractivity contribution in [2.45, 2.75) is 39.4 Å². The molecule has 0 aromatic carbocycles. The molecule has 0 amide bonds. The third kappa shape index (κ3) is 0.956. The van der Waals surface area contributed by atoms with Crippen LogP contribution < -0.4 is 0 Å². The maximum absolute atomic E-state index is 8.81. The number of hydrogen-bond acceptors (Lipinski definition) is 2. The van der Waals surface area contributed by atoms with E-state index in [1.807, 2.05) is 0 Å². The molecule has 2 atom stereocenters. The molecule has 10 heavy (non-hydrogen) atoms. The molecule has 1 N–H and O–H groups in total. The molecule has 1 heterocycles. The second-order valence-electron chi connectivity index (χ2n) is 3.53. The van der Waals surface area contributed by atoms with E-state index in [0.29, 0.717) is 6.10 Å². The molecule has 2 heteroatoms. The highest BCUT2D eigenvalue weighted by Crippen LogP contribution is 2.41. The standard InChI is InChI=1S/C8H16O2/c1-4-6-8(2,3)7(5-9)10-6/h6-7,9H,4-5H2,1-3H3/t6-,7+/m0/s1. The summed E-state index contributed by atoms with van der Waals surface area (Å²) in [5.41, 5.74) is 0.184. The molecule has 0 saturated carbocycles. The summed E-state index contributed by atoms with van der Waals surface area (Å²) in [5, 5.41) is 8.81. The minimum absolute atomic E-state index is 0.0671. The van der Waals surface area contributed by atoms with Crippen LogP contribution in [0, 0.1) is 5.41 Å². The minimum atomic E-state index is 0.0671. The van der Waals surface area contributed by atoms with E-state index in [9.17, 15) is 0 Å². The zero-order valence-electron chi connectivity index (χ0n) is 6.92. The number of hydrogen-bond donors (Lipinski definition) is 1. The van der Waals surface area contributed by atoms with Gasteiger partial charge in [-0.3, -0.25) is 0 Å². The summed E-state index contributed by atoms with van der Waals surface area (Å²) in [7, 11) is 0. The van der Waals surface area contributed by atoms with E-state index in [1.165, 1.54) is 0 Å². The van der Waals surface area contributed by atoms with E-state index >= 15 is 0 Å². The lowest BCUT2D eigenvalue weighted by molar-refractivity contribution is -0.246.